The van der Waals surface area contributed by atoms with Crippen LogP contribution < -0.4 is 5.32 Å². The molecule has 1 aliphatic heterocycles. The Balaban J connectivity index is 1.36. The van der Waals surface area contributed by atoms with Crippen molar-refractivity contribution in [1.29, 1.82) is 0 Å². The van der Waals surface area contributed by atoms with E-state index in [0.717, 1.165) is 49.3 Å². The first-order valence-electron chi connectivity index (χ1n) is 9.27. The van der Waals surface area contributed by atoms with E-state index in [0.29, 0.717) is 12.3 Å². The molecule has 1 aromatic heterocycles. The molecule has 1 fully saturated rings. The monoisotopic (exact) mass is 370 g/mol. The molecular formula is C21H26N2O2S. The molecule has 2 heterocycles. The van der Waals surface area contributed by atoms with Gasteiger partial charge in [0.05, 0.1) is 6.42 Å². The molecule has 26 heavy (non-hydrogen) atoms. The van der Waals surface area contributed by atoms with Crippen molar-refractivity contribution in [3.05, 3.63) is 57.8 Å². The Hall–Kier alpha value is -2.14. The van der Waals surface area contributed by atoms with Crippen LogP contribution in [0.2, 0.25) is 0 Å². The summed E-state index contributed by atoms with van der Waals surface area (Å²) in [6, 6.07) is 11.8. The molecule has 0 saturated carbocycles. The molecule has 5 heteroatoms. The number of hydrogen-bond acceptors (Lipinski definition) is 3. The maximum absolute atomic E-state index is 12.5. The van der Waals surface area contributed by atoms with E-state index >= 15 is 0 Å². The van der Waals surface area contributed by atoms with Crippen molar-refractivity contribution in [3.8, 4) is 0 Å². The van der Waals surface area contributed by atoms with Crippen molar-refractivity contribution in [3.63, 3.8) is 0 Å². The third-order valence-corrected chi connectivity index (χ3v) is 5.87. The first-order valence-corrected chi connectivity index (χ1v) is 10.1. The zero-order valence-corrected chi connectivity index (χ0v) is 16.1. The molecule has 0 unspecified atom stereocenters. The van der Waals surface area contributed by atoms with E-state index in [1.807, 2.05) is 53.6 Å². The van der Waals surface area contributed by atoms with E-state index in [1.54, 1.807) is 11.3 Å². The predicted octanol–water partition coefficient (Wildman–Crippen LogP) is 3.66. The summed E-state index contributed by atoms with van der Waals surface area (Å²) in [6.45, 7) is 4.36. The van der Waals surface area contributed by atoms with Crippen molar-refractivity contribution in [2.75, 3.05) is 19.6 Å². The number of carbonyl (C=O) groups excluding carboxylic acids is 2. The summed E-state index contributed by atoms with van der Waals surface area (Å²) in [7, 11) is 0. The van der Waals surface area contributed by atoms with Crippen LogP contribution in [-0.4, -0.2) is 36.3 Å². The quantitative estimate of drug-likeness (QED) is 0.844. The molecule has 138 valence electrons. The molecule has 0 atom stereocenters. The first kappa shape index (κ1) is 18.6. The Morgan fingerprint density at radius 3 is 2.54 bits per heavy atom. The normalized spacial score (nSPS) is 15.0. The van der Waals surface area contributed by atoms with Crippen molar-refractivity contribution in [2.24, 2.45) is 5.92 Å². The van der Waals surface area contributed by atoms with Gasteiger partial charge in [-0.1, -0.05) is 23.8 Å². The van der Waals surface area contributed by atoms with E-state index in [9.17, 15) is 9.59 Å². The molecule has 0 bridgehead atoms. The Morgan fingerprint density at radius 2 is 1.88 bits per heavy atom. The number of benzene rings is 1. The molecule has 0 aliphatic carbocycles. The van der Waals surface area contributed by atoms with Crippen LogP contribution >= 0.6 is 11.3 Å². The van der Waals surface area contributed by atoms with Gasteiger partial charge in [0.2, 0.25) is 5.91 Å². The second-order valence-corrected chi connectivity index (χ2v) is 8.03. The highest BCUT2D eigenvalue weighted by molar-refractivity contribution is 7.10. The topological polar surface area (TPSA) is 49.4 Å². The number of rotatable bonds is 6. The molecule has 2 aromatic rings. The molecule has 1 N–H and O–H groups in total. The number of amides is 2. The van der Waals surface area contributed by atoms with Crippen LogP contribution in [0.25, 0.3) is 0 Å². The van der Waals surface area contributed by atoms with Gasteiger partial charge in [-0.3, -0.25) is 9.59 Å². The number of aryl methyl sites for hydroxylation is 1. The van der Waals surface area contributed by atoms with E-state index < -0.39 is 0 Å². The molecular weight excluding hydrogens is 344 g/mol. The van der Waals surface area contributed by atoms with Crippen LogP contribution in [0.5, 0.6) is 0 Å². The van der Waals surface area contributed by atoms with Gasteiger partial charge in [-0.25, -0.2) is 0 Å². The van der Waals surface area contributed by atoms with Gasteiger partial charge in [0, 0.05) is 30.1 Å². The van der Waals surface area contributed by atoms with Gasteiger partial charge in [0.1, 0.15) is 0 Å². The number of piperidine rings is 1. The average Bonchev–Trinajstić information content (AvgIpc) is 3.15. The third-order valence-electron chi connectivity index (χ3n) is 4.99. The molecule has 4 nitrogen and oxygen atoms in total. The van der Waals surface area contributed by atoms with Gasteiger partial charge in [0.15, 0.2) is 0 Å². The van der Waals surface area contributed by atoms with Gasteiger partial charge >= 0.3 is 0 Å². The third kappa shape index (κ3) is 5.18. The first-order chi connectivity index (χ1) is 12.6. The molecule has 1 saturated heterocycles. The summed E-state index contributed by atoms with van der Waals surface area (Å²) < 4.78 is 0. The van der Waals surface area contributed by atoms with Gasteiger partial charge in [-0.15, -0.1) is 11.3 Å². The minimum absolute atomic E-state index is 0.0967. The molecule has 1 aliphatic rings. The number of thiophene rings is 1. The van der Waals surface area contributed by atoms with Crippen molar-refractivity contribution < 1.29 is 9.59 Å². The number of nitrogens with one attached hydrogen (secondary N) is 1. The summed E-state index contributed by atoms with van der Waals surface area (Å²) >= 11 is 1.62. The van der Waals surface area contributed by atoms with Gasteiger partial charge < -0.3 is 10.2 Å². The number of nitrogens with zero attached hydrogens (tertiary/aromatic N) is 1. The largest absolute Gasteiger partial charge is 0.356 e. The molecule has 0 radical (unpaired) electrons. The van der Waals surface area contributed by atoms with Gasteiger partial charge in [0.25, 0.3) is 5.91 Å². The zero-order valence-electron chi connectivity index (χ0n) is 15.2. The van der Waals surface area contributed by atoms with Crippen LogP contribution in [0.1, 0.15) is 40.1 Å². The highest BCUT2D eigenvalue weighted by Gasteiger charge is 2.23. The molecule has 0 spiro atoms. The Bertz CT molecular complexity index is 717. The fourth-order valence-electron chi connectivity index (χ4n) is 3.35. The average molecular weight is 371 g/mol. The van der Waals surface area contributed by atoms with Crippen molar-refractivity contribution >= 4 is 23.2 Å². The lowest BCUT2D eigenvalue weighted by molar-refractivity contribution is -0.120. The second kappa shape index (κ2) is 8.99. The fraction of sp³-hybridized carbons (Fsp3) is 0.429. The lowest BCUT2D eigenvalue weighted by Gasteiger charge is -2.32. The number of hydrogen-bond donors (Lipinski definition) is 1. The summed E-state index contributed by atoms with van der Waals surface area (Å²) in [5.41, 5.74) is 1.94. The van der Waals surface area contributed by atoms with Crippen molar-refractivity contribution in [1.82, 2.24) is 10.2 Å². The highest BCUT2D eigenvalue weighted by atomic mass is 32.1. The Morgan fingerprint density at radius 1 is 1.15 bits per heavy atom. The van der Waals surface area contributed by atoms with E-state index in [4.69, 9.17) is 0 Å². The van der Waals surface area contributed by atoms with Crippen LogP contribution in [-0.2, 0) is 11.2 Å². The number of carbonyl (C=O) groups is 2. The summed E-state index contributed by atoms with van der Waals surface area (Å²) in [6.07, 6.45) is 3.49. The van der Waals surface area contributed by atoms with E-state index in [1.165, 1.54) is 5.56 Å². The number of likely N-dealkylation sites (tertiary alicyclic amines) is 1. The van der Waals surface area contributed by atoms with E-state index in [-0.39, 0.29) is 11.8 Å². The fourth-order valence-corrected chi connectivity index (χ4v) is 4.06. The van der Waals surface area contributed by atoms with Crippen LogP contribution in [0.3, 0.4) is 0 Å². The van der Waals surface area contributed by atoms with Crippen LogP contribution in [0.4, 0.5) is 0 Å². The van der Waals surface area contributed by atoms with E-state index in [2.05, 4.69) is 5.32 Å². The van der Waals surface area contributed by atoms with Crippen LogP contribution in [0.15, 0.2) is 41.8 Å². The molecule has 1 aromatic carbocycles. The molecule has 3 rings (SSSR count). The SMILES string of the molecule is Cc1ccc(C(=O)N2CCC(CCNC(=O)Cc3cccs3)CC2)cc1. The highest BCUT2D eigenvalue weighted by Crippen LogP contribution is 2.21. The summed E-state index contributed by atoms with van der Waals surface area (Å²) in [5, 5.41) is 5.01. The Kier molecular flexibility index (Phi) is 6.45. The molecule has 2 amide bonds. The maximum Gasteiger partial charge on any atom is 0.253 e. The predicted molar refractivity (Wildman–Crippen MR) is 105 cm³/mol. The zero-order chi connectivity index (χ0) is 18.4. The lowest BCUT2D eigenvalue weighted by atomic mass is 9.93. The second-order valence-electron chi connectivity index (χ2n) is 7.00. The van der Waals surface area contributed by atoms with Gasteiger partial charge in [-0.05, 0) is 55.7 Å². The Labute approximate surface area is 159 Å². The summed E-state index contributed by atoms with van der Waals surface area (Å²) in [4.78, 5) is 27.5. The summed E-state index contributed by atoms with van der Waals surface area (Å²) in [5.74, 6) is 0.811. The smallest absolute Gasteiger partial charge is 0.253 e. The van der Waals surface area contributed by atoms with Crippen molar-refractivity contribution in [2.45, 2.75) is 32.6 Å². The standard InChI is InChI=1S/C21H26N2O2S/c1-16-4-6-18(7-5-16)21(25)23-12-9-17(10-13-23)8-11-22-20(24)15-19-3-2-14-26-19/h2-7,14,17H,8-13,15H2,1H3,(H,22,24). The maximum atomic E-state index is 12.5. The van der Waals surface area contributed by atoms with Crippen LogP contribution in [0, 0.1) is 12.8 Å². The lowest BCUT2D eigenvalue weighted by Crippen LogP contribution is -2.39. The van der Waals surface area contributed by atoms with Gasteiger partial charge in [-0.2, -0.15) is 0 Å². The minimum atomic E-state index is 0.0967. The minimum Gasteiger partial charge on any atom is -0.356 e.